The molecule has 1 heterocycles. The highest BCUT2D eigenvalue weighted by Crippen LogP contribution is 2.21. The third-order valence-electron chi connectivity index (χ3n) is 2.97. The number of amides is 1. The first kappa shape index (κ1) is 15.0. The molecule has 1 N–H and O–H groups in total. The van der Waals surface area contributed by atoms with Crippen molar-refractivity contribution in [1.82, 2.24) is 15.1 Å². The van der Waals surface area contributed by atoms with Crippen molar-refractivity contribution in [2.45, 2.75) is 33.6 Å². The van der Waals surface area contributed by atoms with Crippen LogP contribution in [0.4, 0.5) is 0 Å². The Kier molecular flexibility index (Phi) is 5.20. The van der Waals surface area contributed by atoms with Crippen LogP contribution in [0.5, 0.6) is 0 Å². The van der Waals surface area contributed by atoms with Gasteiger partial charge in [0.25, 0.3) is 5.91 Å². The maximum atomic E-state index is 12.0. The maximum Gasteiger partial charge on any atom is 0.254 e. The van der Waals surface area contributed by atoms with Crippen LogP contribution < -0.4 is 5.32 Å². The molecule has 0 spiro atoms. The highest BCUT2D eigenvalue weighted by molar-refractivity contribution is 6.17. The van der Waals surface area contributed by atoms with E-state index < -0.39 is 0 Å². The summed E-state index contributed by atoms with van der Waals surface area (Å²) in [6.07, 6.45) is 3.72. The number of halogens is 1. The summed E-state index contributed by atoms with van der Waals surface area (Å²) in [5.74, 6) is 0.610. The zero-order valence-electron chi connectivity index (χ0n) is 11.6. The van der Waals surface area contributed by atoms with Crippen molar-refractivity contribution in [1.29, 1.82) is 0 Å². The van der Waals surface area contributed by atoms with Gasteiger partial charge in [0, 0.05) is 25.7 Å². The second-order valence-electron chi connectivity index (χ2n) is 5.44. The van der Waals surface area contributed by atoms with Gasteiger partial charge in [0.15, 0.2) is 0 Å². The number of hydrogen-bond acceptors (Lipinski definition) is 2. The van der Waals surface area contributed by atoms with E-state index in [0.717, 1.165) is 18.5 Å². The summed E-state index contributed by atoms with van der Waals surface area (Å²) in [6, 6.07) is 0. The molecule has 4 nitrogen and oxygen atoms in total. The average Bonchev–Trinajstić information content (AvgIpc) is 2.63. The molecule has 1 rings (SSSR count). The van der Waals surface area contributed by atoms with E-state index in [9.17, 15) is 4.79 Å². The number of alkyl halides is 1. The largest absolute Gasteiger partial charge is 0.351 e. The second kappa shape index (κ2) is 6.23. The molecular formula is C13H22ClN3O. The smallest absolute Gasteiger partial charge is 0.254 e. The van der Waals surface area contributed by atoms with Crippen LogP contribution in [0.15, 0.2) is 6.20 Å². The van der Waals surface area contributed by atoms with Crippen molar-refractivity contribution in [3.63, 3.8) is 0 Å². The van der Waals surface area contributed by atoms with Crippen LogP contribution in [0.1, 0.15) is 42.7 Å². The standard InChI is InChI=1S/C13H22ClN3O/c1-10-11(8-17(4)16-10)12(18)15-9-13(2,3)6-5-7-14/h8H,5-7,9H2,1-4H3,(H,15,18). The lowest BCUT2D eigenvalue weighted by Gasteiger charge is -2.24. The second-order valence-corrected chi connectivity index (χ2v) is 5.82. The van der Waals surface area contributed by atoms with Crippen molar-refractivity contribution in [2.24, 2.45) is 12.5 Å². The first-order valence-electron chi connectivity index (χ1n) is 6.20. The monoisotopic (exact) mass is 271 g/mol. The van der Waals surface area contributed by atoms with Gasteiger partial charge in [-0.25, -0.2) is 0 Å². The Morgan fingerprint density at radius 1 is 1.56 bits per heavy atom. The van der Waals surface area contributed by atoms with Gasteiger partial charge in [0.1, 0.15) is 0 Å². The number of carbonyl (C=O) groups excluding carboxylic acids is 1. The Hall–Kier alpha value is -1.03. The molecule has 0 aliphatic heterocycles. The number of rotatable bonds is 6. The fraction of sp³-hybridized carbons (Fsp3) is 0.692. The molecule has 0 saturated carbocycles. The molecule has 1 amide bonds. The normalized spacial score (nSPS) is 11.6. The molecule has 0 fully saturated rings. The quantitative estimate of drug-likeness (QED) is 0.808. The maximum absolute atomic E-state index is 12.0. The number of nitrogens with zero attached hydrogens (tertiary/aromatic N) is 2. The molecule has 0 aliphatic carbocycles. The van der Waals surface area contributed by atoms with Gasteiger partial charge in [0.05, 0.1) is 11.3 Å². The van der Waals surface area contributed by atoms with Crippen LogP contribution in [-0.4, -0.2) is 28.1 Å². The summed E-state index contributed by atoms with van der Waals surface area (Å²) < 4.78 is 1.66. The van der Waals surface area contributed by atoms with Crippen LogP contribution >= 0.6 is 11.6 Å². The Morgan fingerprint density at radius 2 is 2.22 bits per heavy atom. The number of aromatic nitrogens is 2. The Balaban J connectivity index is 2.53. The van der Waals surface area contributed by atoms with Crippen molar-refractivity contribution in [3.8, 4) is 0 Å². The number of nitrogens with one attached hydrogen (secondary N) is 1. The van der Waals surface area contributed by atoms with Gasteiger partial charge in [-0.15, -0.1) is 11.6 Å². The molecule has 0 aromatic carbocycles. The Morgan fingerprint density at radius 3 is 2.72 bits per heavy atom. The lowest BCUT2D eigenvalue weighted by Crippen LogP contribution is -2.34. The molecule has 1 aromatic heterocycles. The summed E-state index contributed by atoms with van der Waals surface area (Å²) in [5.41, 5.74) is 1.47. The zero-order chi connectivity index (χ0) is 13.8. The van der Waals surface area contributed by atoms with Crippen molar-refractivity contribution in [2.75, 3.05) is 12.4 Å². The van der Waals surface area contributed by atoms with E-state index in [1.165, 1.54) is 0 Å². The summed E-state index contributed by atoms with van der Waals surface area (Å²) in [6.45, 7) is 6.76. The molecule has 0 unspecified atom stereocenters. The first-order valence-corrected chi connectivity index (χ1v) is 6.73. The van der Waals surface area contributed by atoms with Crippen LogP contribution in [0.3, 0.4) is 0 Å². The van der Waals surface area contributed by atoms with Gasteiger partial charge in [0.2, 0.25) is 0 Å². The third-order valence-corrected chi connectivity index (χ3v) is 3.24. The zero-order valence-corrected chi connectivity index (χ0v) is 12.3. The number of hydrogen-bond donors (Lipinski definition) is 1. The van der Waals surface area contributed by atoms with Gasteiger partial charge >= 0.3 is 0 Å². The minimum Gasteiger partial charge on any atom is -0.351 e. The lowest BCUT2D eigenvalue weighted by atomic mass is 9.88. The van der Waals surface area contributed by atoms with Crippen LogP contribution in [0, 0.1) is 12.3 Å². The summed E-state index contributed by atoms with van der Waals surface area (Å²) in [4.78, 5) is 12.0. The predicted molar refractivity (Wildman–Crippen MR) is 74.0 cm³/mol. The van der Waals surface area contributed by atoms with Gasteiger partial charge in [-0.1, -0.05) is 13.8 Å². The molecular weight excluding hydrogens is 250 g/mol. The lowest BCUT2D eigenvalue weighted by molar-refractivity contribution is 0.0934. The van der Waals surface area contributed by atoms with E-state index in [1.807, 2.05) is 14.0 Å². The fourth-order valence-electron chi connectivity index (χ4n) is 1.87. The predicted octanol–water partition coefficient (Wildman–Crippen LogP) is 2.50. The Labute approximate surface area is 114 Å². The van der Waals surface area contributed by atoms with Crippen LogP contribution in [-0.2, 0) is 7.05 Å². The van der Waals surface area contributed by atoms with Crippen molar-refractivity contribution >= 4 is 17.5 Å². The molecule has 0 bridgehead atoms. The third kappa shape index (κ3) is 4.33. The molecule has 0 atom stereocenters. The molecule has 5 heteroatoms. The molecule has 0 radical (unpaired) electrons. The molecule has 18 heavy (non-hydrogen) atoms. The van der Waals surface area contributed by atoms with Gasteiger partial charge < -0.3 is 5.32 Å². The first-order chi connectivity index (χ1) is 8.35. The molecule has 102 valence electrons. The minimum atomic E-state index is -0.0560. The van der Waals surface area contributed by atoms with Crippen molar-refractivity contribution in [3.05, 3.63) is 17.5 Å². The van der Waals surface area contributed by atoms with Crippen molar-refractivity contribution < 1.29 is 4.79 Å². The number of aryl methyl sites for hydroxylation is 2. The van der Waals surface area contributed by atoms with E-state index >= 15 is 0 Å². The molecule has 0 aliphatic rings. The topological polar surface area (TPSA) is 46.9 Å². The fourth-order valence-corrected chi connectivity index (χ4v) is 2.00. The highest BCUT2D eigenvalue weighted by Gasteiger charge is 2.20. The molecule has 1 aromatic rings. The van der Waals surface area contributed by atoms with Gasteiger partial charge in [-0.2, -0.15) is 5.10 Å². The van der Waals surface area contributed by atoms with Crippen LogP contribution in [0.25, 0.3) is 0 Å². The van der Waals surface area contributed by atoms with E-state index in [-0.39, 0.29) is 11.3 Å². The van der Waals surface area contributed by atoms with Gasteiger partial charge in [-0.3, -0.25) is 9.48 Å². The summed E-state index contributed by atoms with van der Waals surface area (Å²) in [5, 5.41) is 7.13. The van der Waals surface area contributed by atoms with E-state index in [1.54, 1.807) is 10.9 Å². The SMILES string of the molecule is Cc1nn(C)cc1C(=O)NCC(C)(C)CCCCl. The highest BCUT2D eigenvalue weighted by atomic mass is 35.5. The minimum absolute atomic E-state index is 0.0560. The molecule has 0 saturated heterocycles. The number of carbonyl (C=O) groups is 1. The summed E-state index contributed by atoms with van der Waals surface area (Å²) in [7, 11) is 1.81. The average molecular weight is 272 g/mol. The Bertz CT molecular complexity index is 412. The summed E-state index contributed by atoms with van der Waals surface area (Å²) >= 11 is 5.69. The van der Waals surface area contributed by atoms with E-state index in [2.05, 4.69) is 24.3 Å². The van der Waals surface area contributed by atoms with Crippen LogP contribution in [0.2, 0.25) is 0 Å². The van der Waals surface area contributed by atoms with E-state index in [4.69, 9.17) is 11.6 Å². The van der Waals surface area contributed by atoms with Gasteiger partial charge in [-0.05, 0) is 25.2 Å². The van der Waals surface area contributed by atoms with E-state index in [0.29, 0.717) is 18.0 Å².